The number of fused-ring (bicyclic) bond motifs is 1. The minimum atomic E-state index is -0.117. The van der Waals surface area contributed by atoms with Gasteiger partial charge in [0.05, 0.1) is 10.9 Å². The van der Waals surface area contributed by atoms with E-state index >= 15 is 0 Å². The SMILES string of the molecule is O=c1[nH]c(CCCO)cc2ncccc12. The number of H-pyrrole nitrogens is 1. The monoisotopic (exact) mass is 204 g/mol. The van der Waals surface area contributed by atoms with Crippen LogP contribution >= 0.6 is 0 Å². The Morgan fingerprint density at radius 2 is 2.33 bits per heavy atom. The van der Waals surface area contributed by atoms with Crippen molar-refractivity contribution in [1.29, 1.82) is 0 Å². The Labute approximate surface area is 86.6 Å². The van der Waals surface area contributed by atoms with Crippen molar-refractivity contribution in [1.82, 2.24) is 9.97 Å². The highest BCUT2D eigenvalue weighted by atomic mass is 16.2. The van der Waals surface area contributed by atoms with E-state index in [9.17, 15) is 4.79 Å². The zero-order valence-corrected chi connectivity index (χ0v) is 8.23. The van der Waals surface area contributed by atoms with Gasteiger partial charge < -0.3 is 10.1 Å². The number of nitrogens with zero attached hydrogens (tertiary/aromatic N) is 1. The molecule has 0 amide bonds. The molecule has 0 atom stereocenters. The van der Waals surface area contributed by atoms with Crippen molar-refractivity contribution < 1.29 is 5.11 Å². The smallest absolute Gasteiger partial charge is 0.257 e. The van der Waals surface area contributed by atoms with E-state index in [1.807, 2.05) is 6.07 Å². The third-order valence-electron chi connectivity index (χ3n) is 2.27. The van der Waals surface area contributed by atoms with Gasteiger partial charge in [0, 0.05) is 18.5 Å². The van der Waals surface area contributed by atoms with Gasteiger partial charge in [0.25, 0.3) is 5.56 Å². The summed E-state index contributed by atoms with van der Waals surface area (Å²) >= 11 is 0. The van der Waals surface area contributed by atoms with Crippen molar-refractivity contribution in [3.8, 4) is 0 Å². The predicted octanol–water partition coefficient (Wildman–Crippen LogP) is 0.848. The fourth-order valence-electron chi connectivity index (χ4n) is 1.54. The highest BCUT2D eigenvalue weighted by Crippen LogP contribution is 2.07. The molecular weight excluding hydrogens is 192 g/mol. The van der Waals surface area contributed by atoms with Gasteiger partial charge in [0.2, 0.25) is 0 Å². The number of aliphatic hydroxyl groups is 1. The van der Waals surface area contributed by atoms with Crippen LogP contribution in [0.1, 0.15) is 12.1 Å². The van der Waals surface area contributed by atoms with Crippen LogP contribution in [0.3, 0.4) is 0 Å². The Morgan fingerprint density at radius 1 is 1.47 bits per heavy atom. The third-order valence-corrected chi connectivity index (χ3v) is 2.27. The molecule has 0 aliphatic rings. The maximum Gasteiger partial charge on any atom is 0.257 e. The van der Waals surface area contributed by atoms with Crippen LogP contribution in [0, 0.1) is 0 Å². The zero-order chi connectivity index (χ0) is 10.7. The quantitative estimate of drug-likeness (QED) is 0.778. The Balaban J connectivity index is 2.48. The van der Waals surface area contributed by atoms with Gasteiger partial charge in [-0.3, -0.25) is 9.78 Å². The van der Waals surface area contributed by atoms with Gasteiger partial charge in [-0.05, 0) is 31.0 Å². The molecule has 15 heavy (non-hydrogen) atoms. The summed E-state index contributed by atoms with van der Waals surface area (Å²) in [6.45, 7) is 0.127. The van der Waals surface area contributed by atoms with E-state index in [2.05, 4.69) is 9.97 Å². The summed E-state index contributed by atoms with van der Waals surface area (Å²) in [5, 5.41) is 9.30. The maximum atomic E-state index is 11.6. The summed E-state index contributed by atoms with van der Waals surface area (Å²) in [5.41, 5.74) is 1.41. The molecule has 2 rings (SSSR count). The Kier molecular flexibility index (Phi) is 2.78. The highest BCUT2D eigenvalue weighted by molar-refractivity contribution is 5.77. The molecular formula is C11H12N2O2. The van der Waals surface area contributed by atoms with Crippen LogP contribution < -0.4 is 5.56 Å². The van der Waals surface area contributed by atoms with Gasteiger partial charge in [-0.2, -0.15) is 0 Å². The molecule has 0 saturated heterocycles. The summed E-state index contributed by atoms with van der Waals surface area (Å²) in [5.74, 6) is 0. The molecule has 2 aromatic heterocycles. The number of hydrogen-bond acceptors (Lipinski definition) is 3. The van der Waals surface area contributed by atoms with Crippen molar-refractivity contribution in [3.05, 3.63) is 40.4 Å². The lowest BCUT2D eigenvalue weighted by atomic mass is 10.2. The Bertz CT molecular complexity index is 519. The van der Waals surface area contributed by atoms with Crippen LogP contribution in [0.2, 0.25) is 0 Å². The van der Waals surface area contributed by atoms with Crippen LogP contribution in [0.25, 0.3) is 10.9 Å². The minimum absolute atomic E-state index is 0.117. The zero-order valence-electron chi connectivity index (χ0n) is 8.23. The second-order valence-corrected chi connectivity index (χ2v) is 3.39. The van der Waals surface area contributed by atoms with Crippen LogP contribution in [0.4, 0.5) is 0 Å². The predicted molar refractivity (Wildman–Crippen MR) is 57.8 cm³/mol. The van der Waals surface area contributed by atoms with E-state index in [4.69, 9.17) is 5.11 Å². The van der Waals surface area contributed by atoms with Crippen molar-refractivity contribution >= 4 is 10.9 Å². The number of aromatic nitrogens is 2. The van der Waals surface area contributed by atoms with Crippen molar-refractivity contribution in [2.45, 2.75) is 12.8 Å². The summed E-state index contributed by atoms with van der Waals surface area (Å²) in [7, 11) is 0. The maximum absolute atomic E-state index is 11.6. The minimum Gasteiger partial charge on any atom is -0.396 e. The molecule has 4 heteroatoms. The van der Waals surface area contributed by atoms with Gasteiger partial charge in [0.1, 0.15) is 0 Å². The molecule has 0 aliphatic carbocycles. The summed E-state index contributed by atoms with van der Waals surface area (Å²) < 4.78 is 0. The Hall–Kier alpha value is -1.68. The van der Waals surface area contributed by atoms with Gasteiger partial charge in [-0.1, -0.05) is 0 Å². The number of aliphatic hydroxyl groups excluding tert-OH is 1. The van der Waals surface area contributed by atoms with E-state index in [0.717, 1.165) is 5.69 Å². The number of aromatic amines is 1. The molecule has 0 fully saturated rings. The summed E-state index contributed by atoms with van der Waals surface area (Å²) in [4.78, 5) is 18.5. The van der Waals surface area contributed by atoms with E-state index in [1.54, 1.807) is 18.3 Å². The van der Waals surface area contributed by atoms with E-state index in [0.29, 0.717) is 23.7 Å². The fraction of sp³-hybridized carbons (Fsp3) is 0.273. The second-order valence-electron chi connectivity index (χ2n) is 3.39. The van der Waals surface area contributed by atoms with Crippen LogP contribution in [-0.4, -0.2) is 21.7 Å². The average Bonchev–Trinajstić information content (AvgIpc) is 2.26. The Morgan fingerprint density at radius 3 is 3.13 bits per heavy atom. The van der Waals surface area contributed by atoms with Crippen LogP contribution in [0.15, 0.2) is 29.2 Å². The number of aryl methyl sites for hydroxylation is 1. The first kappa shape index (κ1) is 9.86. The average molecular weight is 204 g/mol. The summed E-state index contributed by atoms with van der Waals surface area (Å²) in [6.07, 6.45) is 2.98. The van der Waals surface area contributed by atoms with E-state index in [1.165, 1.54) is 0 Å². The molecule has 0 unspecified atom stereocenters. The van der Waals surface area contributed by atoms with Crippen molar-refractivity contribution in [3.63, 3.8) is 0 Å². The van der Waals surface area contributed by atoms with Crippen LogP contribution in [0.5, 0.6) is 0 Å². The third kappa shape index (κ3) is 2.05. The molecule has 78 valence electrons. The largest absolute Gasteiger partial charge is 0.396 e. The van der Waals surface area contributed by atoms with Gasteiger partial charge in [0.15, 0.2) is 0 Å². The lowest BCUT2D eigenvalue weighted by Crippen LogP contribution is -2.10. The first-order valence-electron chi connectivity index (χ1n) is 4.89. The first-order valence-corrected chi connectivity index (χ1v) is 4.89. The molecule has 4 nitrogen and oxygen atoms in total. The number of hydrogen-bond donors (Lipinski definition) is 2. The molecule has 2 N–H and O–H groups in total. The first-order chi connectivity index (χ1) is 7.31. The van der Waals surface area contributed by atoms with Gasteiger partial charge in [-0.25, -0.2) is 0 Å². The lowest BCUT2D eigenvalue weighted by molar-refractivity contribution is 0.288. The fourth-order valence-corrected chi connectivity index (χ4v) is 1.54. The van der Waals surface area contributed by atoms with E-state index in [-0.39, 0.29) is 12.2 Å². The molecule has 2 heterocycles. The van der Waals surface area contributed by atoms with Crippen molar-refractivity contribution in [2.24, 2.45) is 0 Å². The number of rotatable bonds is 3. The topological polar surface area (TPSA) is 66.0 Å². The number of pyridine rings is 2. The normalized spacial score (nSPS) is 10.7. The molecule has 0 aliphatic heterocycles. The highest BCUT2D eigenvalue weighted by Gasteiger charge is 2.01. The second kappa shape index (κ2) is 4.23. The lowest BCUT2D eigenvalue weighted by Gasteiger charge is -2.01. The molecule has 0 spiro atoms. The standard InChI is InChI=1S/C11H12N2O2/c14-6-2-3-8-7-10-9(11(15)13-8)4-1-5-12-10/h1,4-5,7,14H,2-3,6H2,(H,13,15). The van der Waals surface area contributed by atoms with E-state index < -0.39 is 0 Å². The molecule has 2 aromatic rings. The number of nitrogens with one attached hydrogen (secondary N) is 1. The van der Waals surface area contributed by atoms with Gasteiger partial charge in [-0.15, -0.1) is 0 Å². The molecule has 0 aromatic carbocycles. The van der Waals surface area contributed by atoms with Crippen molar-refractivity contribution in [2.75, 3.05) is 6.61 Å². The summed E-state index contributed by atoms with van der Waals surface area (Å²) in [6, 6.07) is 5.34. The molecule has 0 saturated carbocycles. The van der Waals surface area contributed by atoms with Gasteiger partial charge >= 0.3 is 0 Å². The van der Waals surface area contributed by atoms with Crippen LogP contribution in [-0.2, 0) is 6.42 Å². The molecule has 0 radical (unpaired) electrons. The molecule has 0 bridgehead atoms.